The Morgan fingerprint density at radius 1 is 1.29 bits per heavy atom. The standard InChI is InChI=1S/C23H19FN2O4S/c1-3-30-22(29)19-13(2)25-23-26(20(19)15-7-9-17(27)10-8-15)21(28)18(31-23)12-14-5-4-6-16(24)11-14/h4-12,20,27H,3H2,1-2H3/b18-12-/t20-/m1/s1. The van der Waals surface area contributed by atoms with Crippen LogP contribution in [-0.4, -0.2) is 22.2 Å². The van der Waals surface area contributed by atoms with Crippen LogP contribution in [0.5, 0.6) is 5.75 Å². The highest BCUT2D eigenvalue weighted by atomic mass is 32.1. The zero-order chi connectivity index (χ0) is 22.1. The molecule has 0 saturated heterocycles. The fourth-order valence-corrected chi connectivity index (χ4v) is 4.56. The molecular weight excluding hydrogens is 419 g/mol. The van der Waals surface area contributed by atoms with Crippen molar-refractivity contribution in [1.82, 2.24) is 4.57 Å². The highest BCUT2D eigenvalue weighted by molar-refractivity contribution is 7.07. The van der Waals surface area contributed by atoms with Gasteiger partial charge in [-0.1, -0.05) is 35.6 Å². The van der Waals surface area contributed by atoms with E-state index in [0.717, 1.165) is 0 Å². The van der Waals surface area contributed by atoms with E-state index in [1.807, 2.05) is 0 Å². The molecule has 158 valence electrons. The molecule has 1 aliphatic heterocycles. The van der Waals surface area contributed by atoms with Gasteiger partial charge in [-0.3, -0.25) is 9.36 Å². The molecule has 0 unspecified atom stereocenters. The van der Waals surface area contributed by atoms with Gasteiger partial charge in [0.15, 0.2) is 4.80 Å². The lowest BCUT2D eigenvalue weighted by molar-refractivity contribution is -0.139. The second-order valence-corrected chi connectivity index (χ2v) is 7.96. The van der Waals surface area contributed by atoms with Gasteiger partial charge in [0.25, 0.3) is 5.56 Å². The first kappa shape index (κ1) is 20.7. The smallest absolute Gasteiger partial charge is 0.338 e. The molecule has 4 rings (SSSR count). The lowest BCUT2D eigenvalue weighted by atomic mass is 9.96. The molecule has 1 aliphatic rings. The maximum atomic E-state index is 13.6. The Kier molecular flexibility index (Phi) is 5.56. The largest absolute Gasteiger partial charge is 0.508 e. The van der Waals surface area contributed by atoms with E-state index in [9.17, 15) is 19.1 Å². The van der Waals surface area contributed by atoms with Crippen LogP contribution in [-0.2, 0) is 9.53 Å². The van der Waals surface area contributed by atoms with Crippen molar-refractivity contribution in [1.29, 1.82) is 0 Å². The number of rotatable bonds is 4. The van der Waals surface area contributed by atoms with Gasteiger partial charge in [-0.2, -0.15) is 0 Å². The van der Waals surface area contributed by atoms with Crippen molar-refractivity contribution < 1.29 is 19.0 Å². The van der Waals surface area contributed by atoms with Gasteiger partial charge in [-0.15, -0.1) is 0 Å². The Hall–Kier alpha value is -3.52. The molecule has 1 aromatic heterocycles. The summed E-state index contributed by atoms with van der Waals surface area (Å²) in [7, 11) is 0. The molecule has 6 nitrogen and oxygen atoms in total. The summed E-state index contributed by atoms with van der Waals surface area (Å²) in [6.45, 7) is 3.59. The minimum Gasteiger partial charge on any atom is -0.508 e. The van der Waals surface area contributed by atoms with Crippen molar-refractivity contribution in [2.45, 2.75) is 19.9 Å². The number of carbonyl (C=O) groups is 1. The Morgan fingerprint density at radius 3 is 2.71 bits per heavy atom. The summed E-state index contributed by atoms with van der Waals surface area (Å²) in [5, 5.41) is 9.68. The number of aromatic nitrogens is 1. The monoisotopic (exact) mass is 438 g/mol. The van der Waals surface area contributed by atoms with Gasteiger partial charge in [0.1, 0.15) is 11.6 Å². The number of halogens is 1. The number of hydrogen-bond acceptors (Lipinski definition) is 6. The highest BCUT2D eigenvalue weighted by Crippen LogP contribution is 2.31. The summed E-state index contributed by atoms with van der Waals surface area (Å²) in [5.41, 5.74) is 1.55. The van der Waals surface area contributed by atoms with Crippen LogP contribution in [0.3, 0.4) is 0 Å². The van der Waals surface area contributed by atoms with E-state index >= 15 is 0 Å². The molecular formula is C23H19FN2O4S. The van der Waals surface area contributed by atoms with E-state index < -0.39 is 17.8 Å². The molecule has 31 heavy (non-hydrogen) atoms. The van der Waals surface area contributed by atoms with Gasteiger partial charge in [0, 0.05) is 0 Å². The fraction of sp³-hybridized carbons (Fsp3) is 0.174. The summed E-state index contributed by atoms with van der Waals surface area (Å²) < 4.78 is 20.6. The molecule has 2 heterocycles. The van der Waals surface area contributed by atoms with Gasteiger partial charge < -0.3 is 9.84 Å². The number of phenolic OH excluding ortho intramolecular Hbond substituents is 1. The summed E-state index contributed by atoms with van der Waals surface area (Å²) in [6.07, 6.45) is 1.60. The number of aromatic hydroxyl groups is 1. The molecule has 0 spiro atoms. The zero-order valence-electron chi connectivity index (χ0n) is 16.8. The SMILES string of the molecule is CCOC(=O)C1=C(C)N=c2s/c(=C\c3cccc(F)c3)c(=O)n2[C@@H]1c1ccc(O)cc1. The molecule has 1 N–H and O–H groups in total. The number of phenols is 1. The highest BCUT2D eigenvalue weighted by Gasteiger charge is 2.33. The zero-order valence-corrected chi connectivity index (χ0v) is 17.6. The molecule has 3 aromatic rings. The van der Waals surface area contributed by atoms with Crippen LogP contribution in [0.25, 0.3) is 6.08 Å². The van der Waals surface area contributed by atoms with Crippen molar-refractivity contribution >= 4 is 23.4 Å². The number of hydrogen-bond donors (Lipinski definition) is 1. The van der Waals surface area contributed by atoms with Crippen LogP contribution in [0.4, 0.5) is 4.39 Å². The first-order chi connectivity index (χ1) is 14.9. The van der Waals surface area contributed by atoms with E-state index in [4.69, 9.17) is 4.74 Å². The number of thiazole rings is 1. The van der Waals surface area contributed by atoms with Crippen LogP contribution in [0.15, 0.2) is 69.6 Å². The molecule has 0 fully saturated rings. The first-order valence-corrected chi connectivity index (χ1v) is 10.4. The number of allylic oxidation sites excluding steroid dienone is 1. The lowest BCUT2D eigenvalue weighted by Crippen LogP contribution is -2.39. The number of fused-ring (bicyclic) bond motifs is 1. The minimum atomic E-state index is -0.759. The maximum absolute atomic E-state index is 13.6. The molecule has 2 aromatic carbocycles. The topological polar surface area (TPSA) is 80.9 Å². The molecule has 0 amide bonds. The first-order valence-electron chi connectivity index (χ1n) is 9.63. The average molecular weight is 438 g/mol. The Morgan fingerprint density at radius 2 is 2.03 bits per heavy atom. The Labute approximate surface area is 180 Å². The van der Waals surface area contributed by atoms with Gasteiger partial charge in [0.05, 0.1) is 28.5 Å². The van der Waals surface area contributed by atoms with Gasteiger partial charge in [-0.25, -0.2) is 14.2 Å². The van der Waals surface area contributed by atoms with Crippen molar-refractivity contribution in [3.8, 4) is 5.75 Å². The van der Waals surface area contributed by atoms with Crippen molar-refractivity contribution in [3.63, 3.8) is 0 Å². The summed E-state index contributed by atoms with van der Waals surface area (Å²) in [4.78, 5) is 31.0. The maximum Gasteiger partial charge on any atom is 0.338 e. The van der Waals surface area contributed by atoms with Crippen LogP contribution >= 0.6 is 11.3 Å². The number of carbonyl (C=O) groups excluding carboxylic acids is 1. The number of ether oxygens (including phenoxy) is 1. The van der Waals surface area contributed by atoms with Crippen molar-refractivity contribution in [2.24, 2.45) is 4.99 Å². The molecule has 8 heteroatoms. The van der Waals surface area contributed by atoms with E-state index in [0.29, 0.717) is 26.2 Å². The minimum absolute atomic E-state index is 0.0700. The summed E-state index contributed by atoms with van der Waals surface area (Å²) in [5.74, 6) is -0.883. The Bertz CT molecular complexity index is 1370. The van der Waals surface area contributed by atoms with Gasteiger partial charge in [-0.05, 0) is 55.3 Å². The molecule has 0 saturated carbocycles. The van der Waals surface area contributed by atoms with Gasteiger partial charge in [0.2, 0.25) is 0 Å². The number of nitrogens with zero attached hydrogens (tertiary/aromatic N) is 2. The Balaban J connectivity index is 1.96. The second-order valence-electron chi connectivity index (χ2n) is 6.95. The fourth-order valence-electron chi connectivity index (χ4n) is 3.51. The number of esters is 1. The van der Waals surface area contributed by atoms with Crippen LogP contribution in [0.1, 0.15) is 31.0 Å². The van der Waals surface area contributed by atoms with Crippen LogP contribution in [0, 0.1) is 5.82 Å². The predicted octanol–water partition coefficient (Wildman–Crippen LogP) is 2.64. The molecule has 0 bridgehead atoms. The lowest BCUT2D eigenvalue weighted by Gasteiger charge is -2.24. The van der Waals surface area contributed by atoms with Crippen LogP contribution in [0.2, 0.25) is 0 Å². The van der Waals surface area contributed by atoms with Crippen molar-refractivity contribution in [2.75, 3.05) is 6.61 Å². The van der Waals surface area contributed by atoms with E-state index in [2.05, 4.69) is 4.99 Å². The third-order valence-corrected chi connectivity index (χ3v) is 5.86. The normalized spacial score (nSPS) is 16.1. The third kappa shape index (κ3) is 3.94. The van der Waals surface area contributed by atoms with E-state index in [1.165, 1.54) is 40.2 Å². The molecule has 0 radical (unpaired) electrons. The summed E-state index contributed by atoms with van der Waals surface area (Å²) in [6, 6.07) is 11.5. The van der Waals surface area contributed by atoms with Crippen LogP contribution < -0.4 is 14.9 Å². The van der Waals surface area contributed by atoms with E-state index in [-0.39, 0.29) is 23.5 Å². The summed E-state index contributed by atoms with van der Waals surface area (Å²) >= 11 is 1.17. The average Bonchev–Trinajstić information content (AvgIpc) is 3.02. The second kappa shape index (κ2) is 8.31. The number of benzene rings is 2. The molecule has 0 aliphatic carbocycles. The predicted molar refractivity (Wildman–Crippen MR) is 115 cm³/mol. The van der Waals surface area contributed by atoms with Crippen molar-refractivity contribution in [3.05, 3.63) is 96.4 Å². The quantitative estimate of drug-likeness (QED) is 0.635. The molecule has 1 atom stereocenters. The van der Waals surface area contributed by atoms with Gasteiger partial charge >= 0.3 is 5.97 Å². The third-order valence-electron chi connectivity index (χ3n) is 4.87. The van der Waals surface area contributed by atoms with E-state index in [1.54, 1.807) is 44.2 Å².